The molecule has 0 spiro atoms. The van der Waals surface area contributed by atoms with Crippen LogP contribution in [0.15, 0.2) is 30.3 Å². The molecule has 0 bridgehead atoms. The monoisotopic (exact) mass is 282 g/mol. The fourth-order valence-electron chi connectivity index (χ4n) is 1.49. The van der Waals surface area contributed by atoms with Crippen LogP contribution in [-0.2, 0) is 4.74 Å². The maximum Gasteiger partial charge on any atom is 0.159 e. The van der Waals surface area contributed by atoms with Crippen LogP contribution in [0, 0.1) is 0 Å². The van der Waals surface area contributed by atoms with Crippen LogP contribution in [0.4, 0.5) is 0 Å². The second kappa shape index (κ2) is 5.65. The Morgan fingerprint density at radius 3 is 2.39 bits per heavy atom. The molecule has 0 aliphatic rings. The summed E-state index contributed by atoms with van der Waals surface area (Å²) in [7, 11) is 1.61. The van der Waals surface area contributed by atoms with Gasteiger partial charge < -0.3 is 4.74 Å². The molecule has 2 rings (SSSR count). The van der Waals surface area contributed by atoms with E-state index in [0.29, 0.717) is 16.0 Å². The third-order valence-electron chi connectivity index (χ3n) is 2.57. The summed E-state index contributed by atoms with van der Waals surface area (Å²) in [5.41, 5.74) is 1.69. The minimum atomic E-state index is -0.199. The van der Waals surface area contributed by atoms with E-state index in [9.17, 15) is 0 Å². The number of ether oxygens (including phenoxy) is 1. The summed E-state index contributed by atoms with van der Waals surface area (Å²) in [6.07, 6.45) is -0.199. The molecule has 1 aromatic heterocycles. The molecule has 0 saturated carbocycles. The van der Waals surface area contributed by atoms with Crippen LogP contribution in [0.2, 0.25) is 10.2 Å². The highest BCUT2D eigenvalue weighted by Crippen LogP contribution is 2.24. The van der Waals surface area contributed by atoms with E-state index in [1.54, 1.807) is 13.2 Å². The van der Waals surface area contributed by atoms with Crippen molar-refractivity contribution in [3.05, 3.63) is 46.3 Å². The standard InChI is InChI=1S/C13H12Cl2N2O/c1-8(18-2)13-16-11(7-12(15)17-13)9-3-5-10(14)6-4-9/h3-8H,1-2H3/t8-/m0/s1. The van der Waals surface area contributed by atoms with Gasteiger partial charge in [0.2, 0.25) is 0 Å². The van der Waals surface area contributed by atoms with Crippen LogP contribution in [0.1, 0.15) is 18.9 Å². The summed E-state index contributed by atoms with van der Waals surface area (Å²) in [4.78, 5) is 8.59. The maximum absolute atomic E-state index is 6.00. The van der Waals surface area contributed by atoms with Crippen LogP contribution in [0.25, 0.3) is 11.3 Å². The highest BCUT2D eigenvalue weighted by atomic mass is 35.5. The molecular weight excluding hydrogens is 271 g/mol. The topological polar surface area (TPSA) is 35.0 Å². The first-order valence-electron chi connectivity index (χ1n) is 5.43. The predicted octanol–water partition coefficient (Wildman–Crippen LogP) is 4.16. The highest BCUT2D eigenvalue weighted by Gasteiger charge is 2.11. The lowest BCUT2D eigenvalue weighted by molar-refractivity contribution is 0.112. The third-order valence-corrected chi connectivity index (χ3v) is 3.01. The third kappa shape index (κ3) is 2.99. The number of benzene rings is 1. The molecule has 0 fully saturated rings. The summed E-state index contributed by atoms with van der Waals surface area (Å²) in [6.45, 7) is 1.87. The van der Waals surface area contributed by atoms with E-state index in [4.69, 9.17) is 27.9 Å². The normalized spacial score (nSPS) is 12.4. The lowest BCUT2D eigenvalue weighted by atomic mass is 10.1. The first kappa shape index (κ1) is 13.3. The van der Waals surface area contributed by atoms with E-state index >= 15 is 0 Å². The number of aromatic nitrogens is 2. The molecule has 1 atom stereocenters. The molecule has 0 aliphatic heterocycles. The van der Waals surface area contributed by atoms with Crippen molar-refractivity contribution < 1.29 is 4.74 Å². The van der Waals surface area contributed by atoms with E-state index < -0.39 is 0 Å². The molecule has 94 valence electrons. The van der Waals surface area contributed by atoms with Crippen LogP contribution in [0.3, 0.4) is 0 Å². The molecule has 18 heavy (non-hydrogen) atoms. The van der Waals surface area contributed by atoms with Crippen LogP contribution in [-0.4, -0.2) is 17.1 Å². The van der Waals surface area contributed by atoms with Gasteiger partial charge in [-0.25, -0.2) is 9.97 Å². The van der Waals surface area contributed by atoms with E-state index in [1.165, 1.54) is 0 Å². The van der Waals surface area contributed by atoms with Crippen molar-refractivity contribution in [1.82, 2.24) is 9.97 Å². The van der Waals surface area contributed by atoms with Crippen molar-refractivity contribution in [2.24, 2.45) is 0 Å². The van der Waals surface area contributed by atoms with Crippen molar-refractivity contribution in [3.63, 3.8) is 0 Å². The Morgan fingerprint density at radius 1 is 1.11 bits per heavy atom. The Labute approximate surface area is 116 Å². The molecule has 1 aromatic carbocycles. The quantitative estimate of drug-likeness (QED) is 0.793. The molecule has 0 N–H and O–H groups in total. The first-order valence-corrected chi connectivity index (χ1v) is 6.19. The number of nitrogens with zero attached hydrogens (tertiary/aromatic N) is 2. The van der Waals surface area contributed by atoms with Gasteiger partial charge in [-0.3, -0.25) is 0 Å². The first-order chi connectivity index (χ1) is 8.60. The Balaban J connectivity index is 2.44. The fourth-order valence-corrected chi connectivity index (χ4v) is 1.81. The van der Waals surface area contributed by atoms with Gasteiger partial charge in [0.15, 0.2) is 5.82 Å². The Hall–Kier alpha value is -1.16. The van der Waals surface area contributed by atoms with Gasteiger partial charge in [0.25, 0.3) is 0 Å². The van der Waals surface area contributed by atoms with Crippen molar-refractivity contribution >= 4 is 23.2 Å². The molecule has 0 radical (unpaired) electrons. The smallest absolute Gasteiger partial charge is 0.159 e. The van der Waals surface area contributed by atoms with Gasteiger partial charge in [-0.2, -0.15) is 0 Å². The number of methoxy groups -OCH3 is 1. The van der Waals surface area contributed by atoms with Gasteiger partial charge in [0.1, 0.15) is 11.3 Å². The van der Waals surface area contributed by atoms with Gasteiger partial charge in [-0.05, 0) is 19.1 Å². The highest BCUT2D eigenvalue weighted by molar-refractivity contribution is 6.30. The van der Waals surface area contributed by atoms with Crippen molar-refractivity contribution in [2.75, 3.05) is 7.11 Å². The fraction of sp³-hybridized carbons (Fsp3) is 0.231. The van der Waals surface area contributed by atoms with E-state index in [0.717, 1.165) is 11.3 Å². The molecule has 0 aliphatic carbocycles. The molecule has 5 heteroatoms. The number of halogens is 2. The second-order valence-corrected chi connectivity index (χ2v) is 4.64. The van der Waals surface area contributed by atoms with E-state index in [2.05, 4.69) is 9.97 Å². The Bertz CT molecular complexity index is 543. The lowest BCUT2D eigenvalue weighted by Crippen LogP contribution is -2.04. The zero-order chi connectivity index (χ0) is 13.1. The molecule has 1 heterocycles. The average Bonchev–Trinajstić information content (AvgIpc) is 2.38. The number of rotatable bonds is 3. The Morgan fingerprint density at radius 2 is 1.78 bits per heavy atom. The maximum atomic E-state index is 6.00. The summed E-state index contributed by atoms with van der Waals surface area (Å²) >= 11 is 11.9. The minimum absolute atomic E-state index is 0.199. The molecule has 0 amide bonds. The van der Waals surface area contributed by atoms with Gasteiger partial charge in [-0.1, -0.05) is 35.3 Å². The van der Waals surface area contributed by atoms with Crippen molar-refractivity contribution in [2.45, 2.75) is 13.0 Å². The van der Waals surface area contributed by atoms with Crippen molar-refractivity contribution in [1.29, 1.82) is 0 Å². The molecule has 2 aromatic rings. The largest absolute Gasteiger partial charge is 0.374 e. The zero-order valence-corrected chi connectivity index (χ0v) is 11.5. The summed E-state index contributed by atoms with van der Waals surface area (Å²) in [5.74, 6) is 0.565. The van der Waals surface area contributed by atoms with Crippen LogP contribution >= 0.6 is 23.2 Å². The molecule has 3 nitrogen and oxygen atoms in total. The molecule has 0 unspecified atom stereocenters. The van der Waals surface area contributed by atoms with E-state index in [1.807, 2.05) is 31.2 Å². The minimum Gasteiger partial charge on any atom is -0.374 e. The second-order valence-electron chi connectivity index (χ2n) is 3.82. The van der Waals surface area contributed by atoms with Gasteiger partial charge in [0.05, 0.1) is 5.69 Å². The summed E-state index contributed by atoms with van der Waals surface area (Å²) < 4.78 is 5.20. The molecule has 0 saturated heterocycles. The van der Waals surface area contributed by atoms with Crippen LogP contribution < -0.4 is 0 Å². The van der Waals surface area contributed by atoms with Crippen molar-refractivity contribution in [3.8, 4) is 11.3 Å². The number of hydrogen-bond acceptors (Lipinski definition) is 3. The van der Waals surface area contributed by atoms with Gasteiger partial charge in [-0.15, -0.1) is 0 Å². The number of hydrogen-bond donors (Lipinski definition) is 0. The van der Waals surface area contributed by atoms with Gasteiger partial charge in [0, 0.05) is 23.8 Å². The average molecular weight is 283 g/mol. The summed E-state index contributed by atoms with van der Waals surface area (Å²) in [6, 6.07) is 9.12. The van der Waals surface area contributed by atoms with E-state index in [-0.39, 0.29) is 6.10 Å². The summed E-state index contributed by atoms with van der Waals surface area (Å²) in [5, 5.41) is 1.08. The van der Waals surface area contributed by atoms with Crippen LogP contribution in [0.5, 0.6) is 0 Å². The Kier molecular flexibility index (Phi) is 4.17. The van der Waals surface area contributed by atoms with Gasteiger partial charge >= 0.3 is 0 Å². The lowest BCUT2D eigenvalue weighted by Gasteiger charge is -2.10. The predicted molar refractivity (Wildman–Crippen MR) is 72.9 cm³/mol. The zero-order valence-electron chi connectivity index (χ0n) is 10.0. The molecular formula is C13H12Cl2N2O. The SMILES string of the molecule is CO[C@@H](C)c1nc(Cl)cc(-c2ccc(Cl)cc2)n1.